The molecule has 0 aliphatic heterocycles. The first-order chi connectivity index (χ1) is 14.8. The molecule has 2 N–H and O–H groups in total. The largest absolute Gasteiger partial charge is 0.408 e. The van der Waals surface area contributed by atoms with Crippen LogP contribution < -0.4 is 5.32 Å². The van der Waals surface area contributed by atoms with Crippen LogP contribution in [-0.4, -0.2) is 27.2 Å². The molecule has 1 unspecified atom stereocenters. The van der Waals surface area contributed by atoms with Crippen LogP contribution >= 0.6 is 11.6 Å². The van der Waals surface area contributed by atoms with Gasteiger partial charge in [0.2, 0.25) is 5.95 Å². The van der Waals surface area contributed by atoms with E-state index < -0.39 is 12.2 Å². The van der Waals surface area contributed by atoms with Gasteiger partial charge in [-0.3, -0.25) is 0 Å². The molecule has 1 atom stereocenters. The zero-order valence-corrected chi connectivity index (χ0v) is 17.0. The Bertz CT molecular complexity index is 1270. The van der Waals surface area contributed by atoms with Gasteiger partial charge >= 0.3 is 6.18 Å². The molecule has 156 valence electrons. The van der Waals surface area contributed by atoms with Crippen molar-refractivity contribution < 1.29 is 13.2 Å². The number of benzene rings is 2. The molecule has 0 saturated heterocycles. The molecule has 2 heterocycles. The maximum Gasteiger partial charge on any atom is 0.408 e. The van der Waals surface area contributed by atoms with Crippen molar-refractivity contribution in [2.45, 2.75) is 19.1 Å². The van der Waals surface area contributed by atoms with E-state index in [4.69, 9.17) is 11.6 Å². The molecule has 0 aliphatic rings. The monoisotopic (exact) mass is 440 g/mol. The Morgan fingerprint density at radius 2 is 1.74 bits per heavy atom. The molecule has 0 saturated carbocycles. The summed E-state index contributed by atoms with van der Waals surface area (Å²) in [4.78, 5) is 11.4. The van der Waals surface area contributed by atoms with Gasteiger partial charge in [-0.15, -0.1) is 0 Å². The van der Waals surface area contributed by atoms with Crippen molar-refractivity contribution >= 4 is 28.6 Å². The summed E-state index contributed by atoms with van der Waals surface area (Å²) in [6.45, 7) is 1.04. The molecule has 2 aromatic heterocycles. The summed E-state index contributed by atoms with van der Waals surface area (Å²) in [6.07, 6.45) is -2.62. The molecule has 31 heavy (non-hydrogen) atoms. The molecule has 0 spiro atoms. The van der Waals surface area contributed by atoms with Crippen LogP contribution in [0.3, 0.4) is 0 Å². The van der Waals surface area contributed by atoms with Crippen LogP contribution in [-0.2, 0) is 0 Å². The summed E-state index contributed by atoms with van der Waals surface area (Å²) in [7, 11) is 0. The third kappa shape index (κ3) is 4.98. The molecule has 0 amide bonds. The van der Waals surface area contributed by atoms with E-state index >= 15 is 0 Å². The lowest BCUT2D eigenvalue weighted by Gasteiger charge is -2.16. The maximum atomic E-state index is 12.7. The fraction of sp³-hybridized carbons (Fsp3) is 0.130. The first kappa shape index (κ1) is 20.8. The Balaban J connectivity index is 1.51. The van der Waals surface area contributed by atoms with Gasteiger partial charge < -0.3 is 10.3 Å². The number of nitrogens with one attached hydrogen (secondary N) is 2. The van der Waals surface area contributed by atoms with E-state index in [1.165, 1.54) is 0 Å². The number of anilines is 1. The topological polar surface area (TPSA) is 53.6 Å². The minimum atomic E-state index is -4.36. The lowest BCUT2D eigenvalue weighted by atomic mass is 10.1. The Kier molecular flexibility index (Phi) is 5.57. The molecule has 2 aromatic carbocycles. The van der Waals surface area contributed by atoms with Gasteiger partial charge in [0, 0.05) is 22.3 Å². The summed E-state index contributed by atoms with van der Waals surface area (Å²) in [5.41, 5.74) is 4.37. The Morgan fingerprint density at radius 1 is 1.00 bits per heavy atom. The van der Waals surface area contributed by atoms with Gasteiger partial charge in [-0.1, -0.05) is 35.7 Å². The molecule has 0 bridgehead atoms. The number of imidazole rings is 1. The second-order valence-electron chi connectivity index (χ2n) is 6.91. The van der Waals surface area contributed by atoms with Crippen molar-refractivity contribution in [3.63, 3.8) is 0 Å². The number of rotatable bonds is 3. The van der Waals surface area contributed by atoms with Crippen molar-refractivity contribution in [1.82, 2.24) is 15.0 Å². The number of aromatic nitrogens is 3. The molecule has 4 rings (SSSR count). The van der Waals surface area contributed by atoms with Gasteiger partial charge in [-0.2, -0.15) is 13.2 Å². The second-order valence-corrected chi connectivity index (χ2v) is 7.35. The van der Waals surface area contributed by atoms with Gasteiger partial charge in [0.05, 0.1) is 11.0 Å². The summed E-state index contributed by atoms with van der Waals surface area (Å²) in [6, 6.07) is 14.7. The highest BCUT2D eigenvalue weighted by Crippen LogP contribution is 2.24. The highest BCUT2D eigenvalue weighted by Gasteiger charge is 2.36. The van der Waals surface area contributed by atoms with Crippen LogP contribution in [0.5, 0.6) is 0 Å². The summed E-state index contributed by atoms with van der Waals surface area (Å²) < 4.78 is 38.2. The van der Waals surface area contributed by atoms with Crippen LogP contribution in [0.15, 0.2) is 60.8 Å². The van der Waals surface area contributed by atoms with E-state index in [-0.39, 0.29) is 5.95 Å². The third-order valence-corrected chi connectivity index (χ3v) is 4.86. The second kappa shape index (κ2) is 8.32. The molecule has 4 nitrogen and oxygen atoms in total. The Hall–Kier alpha value is -3.50. The van der Waals surface area contributed by atoms with E-state index in [9.17, 15) is 13.2 Å². The van der Waals surface area contributed by atoms with E-state index in [2.05, 4.69) is 32.1 Å². The SMILES string of the molecule is CC(Nc1nc2cc(C#Cc3ccc(-c4ccc(Cl)cc4)cn3)ccc2[nH]1)C(F)(F)F. The lowest BCUT2D eigenvalue weighted by Crippen LogP contribution is -2.33. The van der Waals surface area contributed by atoms with E-state index in [0.29, 0.717) is 27.3 Å². The van der Waals surface area contributed by atoms with Crippen LogP contribution in [0, 0.1) is 11.8 Å². The Labute approximate surface area is 181 Å². The van der Waals surface area contributed by atoms with Gasteiger partial charge in [-0.05, 0) is 54.8 Å². The van der Waals surface area contributed by atoms with Crippen molar-refractivity contribution in [2.24, 2.45) is 0 Å². The molecule has 4 aromatic rings. The van der Waals surface area contributed by atoms with Crippen LogP contribution in [0.1, 0.15) is 18.2 Å². The maximum absolute atomic E-state index is 12.7. The summed E-state index contributed by atoms with van der Waals surface area (Å²) >= 11 is 5.91. The summed E-state index contributed by atoms with van der Waals surface area (Å²) in [5.74, 6) is 6.06. The number of nitrogens with zero attached hydrogens (tertiary/aromatic N) is 2. The molecule has 0 aliphatic carbocycles. The standard InChI is InChI=1S/C23H16ClF3N4/c1-14(23(25,26)27)29-22-30-20-11-3-15(12-21(20)31-22)2-9-19-10-6-17(13-28-19)16-4-7-18(24)8-5-16/h3-8,10-14H,1H3,(H2,29,30,31). The highest BCUT2D eigenvalue weighted by molar-refractivity contribution is 6.30. The zero-order chi connectivity index (χ0) is 22.0. The number of H-pyrrole nitrogens is 1. The Morgan fingerprint density at radius 3 is 2.42 bits per heavy atom. The fourth-order valence-electron chi connectivity index (χ4n) is 2.86. The predicted molar refractivity (Wildman–Crippen MR) is 116 cm³/mol. The van der Waals surface area contributed by atoms with E-state index in [1.807, 2.05) is 36.4 Å². The number of pyridine rings is 1. The molecular weight excluding hydrogens is 425 g/mol. The van der Waals surface area contributed by atoms with E-state index in [1.54, 1.807) is 24.4 Å². The molecular formula is C23H16ClF3N4. The van der Waals surface area contributed by atoms with Crippen molar-refractivity contribution in [2.75, 3.05) is 5.32 Å². The van der Waals surface area contributed by atoms with Gasteiger partial charge in [0.15, 0.2) is 0 Å². The molecule has 0 fully saturated rings. The smallest absolute Gasteiger partial charge is 0.344 e. The molecule has 8 heteroatoms. The van der Waals surface area contributed by atoms with Crippen molar-refractivity contribution in [3.8, 4) is 23.0 Å². The van der Waals surface area contributed by atoms with Crippen LogP contribution in [0.4, 0.5) is 19.1 Å². The third-order valence-electron chi connectivity index (χ3n) is 4.60. The minimum absolute atomic E-state index is 0.0596. The predicted octanol–water partition coefficient (Wildman–Crippen LogP) is 6.04. The number of hydrogen-bond acceptors (Lipinski definition) is 3. The van der Waals surface area contributed by atoms with Crippen molar-refractivity contribution in [3.05, 3.63) is 77.1 Å². The zero-order valence-electron chi connectivity index (χ0n) is 16.3. The summed E-state index contributed by atoms with van der Waals surface area (Å²) in [5, 5.41) is 3.00. The average molecular weight is 441 g/mol. The number of hydrogen-bond donors (Lipinski definition) is 2. The quantitative estimate of drug-likeness (QED) is 0.382. The normalized spacial score (nSPS) is 12.3. The lowest BCUT2D eigenvalue weighted by molar-refractivity contribution is -0.138. The number of aromatic amines is 1. The first-order valence-corrected chi connectivity index (χ1v) is 9.73. The van der Waals surface area contributed by atoms with Crippen molar-refractivity contribution in [1.29, 1.82) is 0 Å². The number of halogens is 4. The number of alkyl halides is 3. The fourth-order valence-corrected chi connectivity index (χ4v) is 2.98. The van der Waals surface area contributed by atoms with Gasteiger partial charge in [0.1, 0.15) is 11.7 Å². The van der Waals surface area contributed by atoms with Crippen LogP contribution in [0.2, 0.25) is 5.02 Å². The average Bonchev–Trinajstić information content (AvgIpc) is 3.14. The molecule has 0 radical (unpaired) electrons. The first-order valence-electron chi connectivity index (χ1n) is 9.35. The number of fused-ring (bicyclic) bond motifs is 1. The van der Waals surface area contributed by atoms with Gasteiger partial charge in [0.25, 0.3) is 0 Å². The van der Waals surface area contributed by atoms with Gasteiger partial charge in [-0.25, -0.2) is 9.97 Å². The highest BCUT2D eigenvalue weighted by atomic mass is 35.5. The van der Waals surface area contributed by atoms with Crippen LogP contribution in [0.25, 0.3) is 22.2 Å². The van der Waals surface area contributed by atoms with E-state index in [0.717, 1.165) is 18.1 Å². The minimum Gasteiger partial charge on any atom is -0.344 e.